The van der Waals surface area contributed by atoms with Gasteiger partial charge >= 0.3 is 0 Å². The monoisotopic (exact) mass is 252 g/mol. The van der Waals surface area contributed by atoms with Gasteiger partial charge in [0.25, 0.3) is 0 Å². The number of hydrogen-bond donors (Lipinski definition) is 0. The largest absolute Gasteiger partial charge is 0.342 e. The maximum absolute atomic E-state index is 12.3. The van der Waals surface area contributed by atoms with Crippen molar-refractivity contribution in [3.8, 4) is 0 Å². The molecule has 2 rings (SSSR count). The molecule has 0 aromatic rings. The Hall–Kier alpha value is -1.06. The van der Waals surface area contributed by atoms with Crippen molar-refractivity contribution in [1.29, 1.82) is 0 Å². The summed E-state index contributed by atoms with van der Waals surface area (Å²) in [5, 5.41) is 0. The lowest BCUT2D eigenvalue weighted by molar-refractivity contribution is -0.136. The second-order valence-electron chi connectivity index (χ2n) is 5.98. The zero-order valence-electron chi connectivity index (χ0n) is 11.5. The van der Waals surface area contributed by atoms with E-state index in [-0.39, 0.29) is 17.7 Å². The van der Waals surface area contributed by atoms with Crippen LogP contribution in [0.15, 0.2) is 0 Å². The van der Waals surface area contributed by atoms with Crippen molar-refractivity contribution < 1.29 is 9.59 Å². The Bertz CT molecular complexity index is 322. The lowest BCUT2D eigenvalue weighted by Crippen LogP contribution is -2.40. The number of hydrogen-bond acceptors (Lipinski definition) is 2. The first-order valence-electron chi connectivity index (χ1n) is 7.14. The van der Waals surface area contributed by atoms with Crippen molar-refractivity contribution in [2.75, 3.05) is 26.2 Å². The molecule has 2 aliphatic heterocycles. The maximum atomic E-state index is 12.3. The van der Waals surface area contributed by atoms with Gasteiger partial charge in [0.2, 0.25) is 11.8 Å². The van der Waals surface area contributed by atoms with Gasteiger partial charge in [-0.05, 0) is 25.2 Å². The number of rotatable bonds is 3. The molecule has 0 spiro atoms. The fraction of sp³-hybridized carbons (Fsp3) is 0.857. The molecule has 0 aromatic carbocycles. The summed E-state index contributed by atoms with van der Waals surface area (Å²) >= 11 is 0. The molecule has 4 nitrogen and oxygen atoms in total. The van der Waals surface area contributed by atoms with Crippen LogP contribution in [0.3, 0.4) is 0 Å². The van der Waals surface area contributed by atoms with E-state index in [1.807, 2.05) is 9.80 Å². The summed E-state index contributed by atoms with van der Waals surface area (Å²) < 4.78 is 0. The normalized spacial score (nSPS) is 25.1. The van der Waals surface area contributed by atoms with E-state index in [0.717, 1.165) is 32.5 Å². The van der Waals surface area contributed by atoms with E-state index < -0.39 is 0 Å². The summed E-state index contributed by atoms with van der Waals surface area (Å²) in [7, 11) is 0. The van der Waals surface area contributed by atoms with Crippen LogP contribution in [-0.4, -0.2) is 47.8 Å². The molecule has 1 atom stereocenters. The van der Waals surface area contributed by atoms with Crippen molar-refractivity contribution in [2.45, 2.75) is 39.5 Å². The third kappa shape index (κ3) is 3.03. The second kappa shape index (κ2) is 5.72. The predicted octanol–water partition coefficient (Wildman–Crippen LogP) is 1.50. The van der Waals surface area contributed by atoms with Crippen LogP contribution in [0.25, 0.3) is 0 Å². The molecule has 2 amide bonds. The van der Waals surface area contributed by atoms with Crippen LogP contribution in [0.1, 0.15) is 39.5 Å². The molecular formula is C14H24N2O2. The molecular weight excluding hydrogens is 228 g/mol. The topological polar surface area (TPSA) is 40.6 Å². The number of carbonyl (C=O) groups is 2. The number of carbonyl (C=O) groups excluding carboxylic acids is 2. The third-order valence-electron chi connectivity index (χ3n) is 3.82. The first-order chi connectivity index (χ1) is 8.58. The molecule has 0 bridgehead atoms. The average Bonchev–Trinajstić information content (AvgIpc) is 2.70. The highest BCUT2D eigenvalue weighted by Crippen LogP contribution is 2.22. The van der Waals surface area contributed by atoms with E-state index in [1.54, 1.807) is 0 Å². The van der Waals surface area contributed by atoms with Crippen molar-refractivity contribution in [3.63, 3.8) is 0 Å². The van der Waals surface area contributed by atoms with Crippen molar-refractivity contribution in [2.24, 2.45) is 11.8 Å². The maximum Gasteiger partial charge on any atom is 0.227 e. The van der Waals surface area contributed by atoms with Crippen LogP contribution in [0.2, 0.25) is 0 Å². The van der Waals surface area contributed by atoms with Gasteiger partial charge in [0.1, 0.15) is 0 Å². The number of amides is 2. The van der Waals surface area contributed by atoms with Crippen molar-refractivity contribution in [1.82, 2.24) is 9.80 Å². The fourth-order valence-electron chi connectivity index (χ4n) is 2.93. The van der Waals surface area contributed by atoms with Gasteiger partial charge < -0.3 is 9.80 Å². The van der Waals surface area contributed by atoms with Gasteiger partial charge in [-0.1, -0.05) is 13.8 Å². The molecule has 102 valence electrons. The minimum atomic E-state index is -0.0886. The molecule has 18 heavy (non-hydrogen) atoms. The van der Waals surface area contributed by atoms with Crippen LogP contribution in [-0.2, 0) is 9.59 Å². The summed E-state index contributed by atoms with van der Waals surface area (Å²) in [5.41, 5.74) is 0. The number of nitrogens with zero attached hydrogens (tertiary/aromatic N) is 2. The molecule has 1 unspecified atom stereocenters. The quantitative estimate of drug-likeness (QED) is 0.764. The Morgan fingerprint density at radius 2 is 1.94 bits per heavy atom. The summed E-state index contributed by atoms with van der Waals surface area (Å²) in [6.45, 7) is 7.39. The minimum absolute atomic E-state index is 0.0886. The van der Waals surface area contributed by atoms with E-state index >= 15 is 0 Å². The molecule has 0 aromatic heterocycles. The number of likely N-dealkylation sites (tertiary alicyclic amines) is 2. The Balaban J connectivity index is 1.90. The van der Waals surface area contributed by atoms with E-state index in [9.17, 15) is 9.59 Å². The Labute approximate surface area is 109 Å². The Kier molecular flexibility index (Phi) is 4.25. The zero-order chi connectivity index (χ0) is 13.1. The van der Waals surface area contributed by atoms with Crippen LogP contribution in [0, 0.1) is 11.8 Å². The molecule has 0 saturated carbocycles. The van der Waals surface area contributed by atoms with Crippen LogP contribution in [0.4, 0.5) is 0 Å². The standard InChI is InChI=1S/C14H24N2O2/c1-11(2)9-16-10-12(8-13(16)17)14(18)15-6-4-3-5-7-15/h11-12H,3-10H2,1-2H3. The van der Waals surface area contributed by atoms with Crippen molar-refractivity contribution in [3.05, 3.63) is 0 Å². The molecule has 0 N–H and O–H groups in total. The molecule has 2 heterocycles. The minimum Gasteiger partial charge on any atom is -0.342 e. The highest BCUT2D eigenvalue weighted by atomic mass is 16.2. The molecule has 2 fully saturated rings. The molecule has 2 aliphatic rings. The van der Waals surface area contributed by atoms with Gasteiger partial charge in [-0.15, -0.1) is 0 Å². The van der Waals surface area contributed by atoms with Gasteiger partial charge in [-0.2, -0.15) is 0 Å². The lowest BCUT2D eigenvalue weighted by atomic mass is 10.0. The smallest absolute Gasteiger partial charge is 0.227 e. The molecule has 0 radical (unpaired) electrons. The van der Waals surface area contributed by atoms with Crippen LogP contribution in [0.5, 0.6) is 0 Å². The average molecular weight is 252 g/mol. The van der Waals surface area contributed by atoms with E-state index in [0.29, 0.717) is 18.9 Å². The van der Waals surface area contributed by atoms with Gasteiger partial charge in [0.15, 0.2) is 0 Å². The van der Waals surface area contributed by atoms with E-state index in [2.05, 4.69) is 13.8 Å². The first kappa shape index (κ1) is 13.4. The molecule has 4 heteroatoms. The molecule has 2 saturated heterocycles. The third-order valence-corrected chi connectivity index (χ3v) is 3.82. The van der Waals surface area contributed by atoms with Gasteiger partial charge in [0, 0.05) is 32.6 Å². The van der Waals surface area contributed by atoms with Gasteiger partial charge in [-0.25, -0.2) is 0 Å². The lowest BCUT2D eigenvalue weighted by Gasteiger charge is -2.29. The number of piperidine rings is 1. The van der Waals surface area contributed by atoms with Gasteiger partial charge in [0.05, 0.1) is 5.92 Å². The molecule has 0 aliphatic carbocycles. The first-order valence-corrected chi connectivity index (χ1v) is 7.14. The Morgan fingerprint density at radius 3 is 2.56 bits per heavy atom. The van der Waals surface area contributed by atoms with E-state index in [1.165, 1.54) is 6.42 Å². The highest BCUT2D eigenvalue weighted by Gasteiger charge is 2.36. The van der Waals surface area contributed by atoms with Crippen LogP contribution < -0.4 is 0 Å². The fourth-order valence-corrected chi connectivity index (χ4v) is 2.93. The summed E-state index contributed by atoms with van der Waals surface area (Å²) in [4.78, 5) is 28.0. The summed E-state index contributed by atoms with van der Waals surface area (Å²) in [5.74, 6) is 0.737. The highest BCUT2D eigenvalue weighted by molar-refractivity contribution is 5.89. The Morgan fingerprint density at radius 1 is 1.28 bits per heavy atom. The van der Waals surface area contributed by atoms with Crippen LogP contribution >= 0.6 is 0 Å². The summed E-state index contributed by atoms with van der Waals surface area (Å²) in [6.07, 6.45) is 3.87. The van der Waals surface area contributed by atoms with Gasteiger partial charge in [-0.3, -0.25) is 9.59 Å². The van der Waals surface area contributed by atoms with E-state index in [4.69, 9.17) is 0 Å². The second-order valence-corrected chi connectivity index (χ2v) is 5.98. The predicted molar refractivity (Wildman–Crippen MR) is 70.0 cm³/mol. The zero-order valence-corrected chi connectivity index (χ0v) is 11.5. The summed E-state index contributed by atoms with van der Waals surface area (Å²) in [6, 6.07) is 0. The van der Waals surface area contributed by atoms with Crippen molar-refractivity contribution >= 4 is 11.8 Å². The SMILES string of the molecule is CC(C)CN1CC(C(=O)N2CCCCC2)CC1=O.